The van der Waals surface area contributed by atoms with Gasteiger partial charge in [-0.15, -0.1) is 0 Å². The summed E-state index contributed by atoms with van der Waals surface area (Å²) in [6, 6.07) is 17.7. The van der Waals surface area contributed by atoms with Crippen molar-refractivity contribution in [2.75, 3.05) is 26.0 Å². The van der Waals surface area contributed by atoms with E-state index in [0.29, 0.717) is 45.9 Å². The number of methoxy groups -OCH3 is 1. The van der Waals surface area contributed by atoms with Gasteiger partial charge < -0.3 is 14.8 Å². The van der Waals surface area contributed by atoms with Gasteiger partial charge >= 0.3 is 0 Å². The Morgan fingerprint density at radius 3 is 2.61 bits per heavy atom. The van der Waals surface area contributed by atoms with E-state index in [1.54, 1.807) is 36.2 Å². The quantitative estimate of drug-likeness (QED) is 0.347. The summed E-state index contributed by atoms with van der Waals surface area (Å²) in [5.41, 5.74) is 2.72. The van der Waals surface area contributed by atoms with Crippen LogP contribution in [-0.4, -0.2) is 42.5 Å². The summed E-state index contributed by atoms with van der Waals surface area (Å²) in [6.07, 6.45) is 0. The van der Waals surface area contributed by atoms with Gasteiger partial charge in [0.25, 0.3) is 11.9 Å². The van der Waals surface area contributed by atoms with E-state index >= 15 is 0 Å². The predicted octanol–water partition coefficient (Wildman–Crippen LogP) is 4.87. The lowest BCUT2D eigenvalue weighted by molar-refractivity contribution is -0.534. The van der Waals surface area contributed by atoms with Gasteiger partial charge in [0.15, 0.2) is 17.0 Å². The van der Waals surface area contributed by atoms with E-state index in [1.807, 2.05) is 43.3 Å². The number of nitro groups is 1. The van der Waals surface area contributed by atoms with E-state index in [1.165, 1.54) is 12.7 Å². The number of benzene rings is 3. The summed E-state index contributed by atoms with van der Waals surface area (Å²) in [6.45, 7) is 2.70. The molecule has 0 saturated carbocycles. The van der Waals surface area contributed by atoms with Gasteiger partial charge in [0.2, 0.25) is 0 Å². The molecular weight excluding hydrogens is 526 g/mol. The first-order valence-corrected chi connectivity index (χ1v) is 12.4. The van der Waals surface area contributed by atoms with Crippen LogP contribution < -0.4 is 14.8 Å². The lowest BCUT2D eigenvalue weighted by Crippen LogP contribution is -2.54. The number of para-hydroxylation sites is 1. The topological polar surface area (TPSA) is 93.9 Å². The van der Waals surface area contributed by atoms with Crippen LogP contribution in [0.25, 0.3) is 0 Å². The summed E-state index contributed by atoms with van der Waals surface area (Å²) in [5, 5.41) is 15.4. The van der Waals surface area contributed by atoms with Gasteiger partial charge in [-0.2, -0.15) is 0 Å². The van der Waals surface area contributed by atoms with Crippen molar-refractivity contribution in [3.05, 3.63) is 97.5 Å². The Hall–Kier alpha value is -3.43. The smallest absolute Gasteiger partial charge is 0.256 e. The van der Waals surface area contributed by atoms with Gasteiger partial charge in [-0.3, -0.25) is 19.8 Å². The van der Waals surface area contributed by atoms with Crippen LogP contribution >= 0.6 is 15.9 Å². The normalized spacial score (nSPS) is 22.9. The predicted molar refractivity (Wildman–Crippen MR) is 139 cm³/mol. The molecule has 0 radical (unpaired) electrons. The third-order valence-corrected chi connectivity index (χ3v) is 7.81. The molecule has 1 amide bonds. The zero-order valence-corrected chi connectivity index (χ0v) is 21.7. The molecule has 3 atom stereocenters. The zero-order chi connectivity index (χ0) is 25.6. The minimum absolute atomic E-state index is 0.321. The van der Waals surface area contributed by atoms with Gasteiger partial charge in [-0.25, -0.2) is 0 Å². The monoisotopic (exact) mass is 551 g/mol. The molecule has 1 fully saturated rings. The number of aryl methyl sites for hydroxylation is 1. The summed E-state index contributed by atoms with van der Waals surface area (Å²) in [5.74, 6) is 0.0516. The second-order valence-electron chi connectivity index (χ2n) is 9.29. The highest BCUT2D eigenvalue weighted by Gasteiger charge is 2.68. The SMILES string of the molecule is COc1cc([C@@H]2CN(C)[C@]3(C(=O)Nc4ccccc43)[C@@H]2[N+](=O)[O-])cc(Br)c1OCc1ccc(C)cc1. The number of fused-ring (bicyclic) bond motifs is 2. The Morgan fingerprint density at radius 2 is 1.92 bits per heavy atom. The molecule has 8 nitrogen and oxygen atoms in total. The van der Waals surface area contributed by atoms with Crippen molar-refractivity contribution in [2.24, 2.45) is 0 Å². The van der Waals surface area contributed by atoms with E-state index in [4.69, 9.17) is 9.47 Å². The third-order valence-electron chi connectivity index (χ3n) is 7.22. The van der Waals surface area contributed by atoms with Gasteiger partial charge in [-0.05, 0) is 59.2 Å². The second-order valence-corrected chi connectivity index (χ2v) is 10.1. The highest BCUT2D eigenvalue weighted by atomic mass is 79.9. The first-order chi connectivity index (χ1) is 17.3. The summed E-state index contributed by atoms with van der Waals surface area (Å²) < 4.78 is 12.3. The Balaban J connectivity index is 1.52. The van der Waals surface area contributed by atoms with Crippen molar-refractivity contribution in [1.82, 2.24) is 4.90 Å². The van der Waals surface area contributed by atoms with E-state index in [2.05, 4.69) is 21.2 Å². The molecule has 186 valence electrons. The van der Waals surface area contributed by atoms with Crippen LogP contribution in [0.5, 0.6) is 11.5 Å². The first kappa shape index (κ1) is 24.3. The molecule has 3 aromatic carbocycles. The molecule has 9 heteroatoms. The zero-order valence-electron chi connectivity index (χ0n) is 20.2. The number of hydrogen-bond acceptors (Lipinski definition) is 6. The minimum Gasteiger partial charge on any atom is -0.493 e. The molecule has 1 saturated heterocycles. The molecule has 36 heavy (non-hydrogen) atoms. The number of carbonyl (C=O) groups is 1. The maximum absolute atomic E-state index is 13.3. The molecule has 2 aliphatic heterocycles. The van der Waals surface area contributed by atoms with Crippen molar-refractivity contribution < 1.29 is 19.2 Å². The van der Waals surface area contributed by atoms with Crippen LogP contribution in [-0.2, 0) is 16.9 Å². The molecule has 0 bridgehead atoms. The van der Waals surface area contributed by atoms with Crippen LogP contribution in [0, 0.1) is 17.0 Å². The maximum Gasteiger partial charge on any atom is 0.256 e. The average molecular weight is 552 g/mol. The molecular formula is C27H26BrN3O5. The first-order valence-electron chi connectivity index (χ1n) is 11.6. The van der Waals surface area contributed by atoms with Gasteiger partial charge in [0.05, 0.1) is 17.5 Å². The number of halogens is 1. The number of ether oxygens (including phenoxy) is 2. The summed E-state index contributed by atoms with van der Waals surface area (Å²) >= 11 is 3.59. The lowest BCUT2D eigenvalue weighted by atomic mass is 9.79. The van der Waals surface area contributed by atoms with Crippen LogP contribution in [0.4, 0.5) is 5.69 Å². The number of likely N-dealkylation sites (tertiary alicyclic amines) is 1. The van der Waals surface area contributed by atoms with Crippen molar-refractivity contribution in [3.8, 4) is 11.5 Å². The van der Waals surface area contributed by atoms with Gasteiger partial charge in [0, 0.05) is 22.7 Å². The van der Waals surface area contributed by atoms with Crippen LogP contribution in [0.2, 0.25) is 0 Å². The average Bonchev–Trinajstić information content (AvgIpc) is 3.33. The number of rotatable bonds is 6. The fourth-order valence-corrected chi connectivity index (χ4v) is 6.09. The van der Waals surface area contributed by atoms with Gasteiger partial charge in [0.1, 0.15) is 6.61 Å². The molecule has 0 aromatic heterocycles. The number of anilines is 1. The highest BCUT2D eigenvalue weighted by molar-refractivity contribution is 9.10. The Kier molecular flexibility index (Phi) is 6.22. The third kappa shape index (κ3) is 3.74. The fraction of sp³-hybridized carbons (Fsp3) is 0.296. The molecule has 0 unspecified atom stereocenters. The Bertz CT molecular complexity index is 1350. The number of hydrogen-bond donors (Lipinski definition) is 1. The van der Waals surface area contributed by atoms with Crippen molar-refractivity contribution in [2.45, 2.75) is 31.0 Å². The van der Waals surface area contributed by atoms with Gasteiger partial charge in [-0.1, -0.05) is 48.0 Å². The largest absolute Gasteiger partial charge is 0.493 e. The Morgan fingerprint density at radius 1 is 1.19 bits per heavy atom. The number of carbonyl (C=O) groups excluding carboxylic acids is 1. The molecule has 2 heterocycles. The molecule has 3 aromatic rings. The van der Waals surface area contributed by atoms with E-state index in [0.717, 1.165) is 5.56 Å². The molecule has 5 rings (SSSR count). The minimum atomic E-state index is -1.40. The van der Waals surface area contributed by atoms with Crippen LogP contribution in [0.3, 0.4) is 0 Å². The number of nitrogens with zero attached hydrogens (tertiary/aromatic N) is 2. The molecule has 1 spiro atoms. The van der Waals surface area contributed by atoms with Crippen molar-refractivity contribution >= 4 is 27.5 Å². The molecule has 2 aliphatic rings. The molecule has 0 aliphatic carbocycles. The van der Waals surface area contributed by atoms with Crippen molar-refractivity contribution in [1.29, 1.82) is 0 Å². The van der Waals surface area contributed by atoms with Crippen LogP contribution in [0.15, 0.2) is 65.1 Å². The Labute approximate surface area is 217 Å². The van der Waals surface area contributed by atoms with E-state index < -0.39 is 17.5 Å². The number of amides is 1. The van der Waals surface area contributed by atoms with Crippen LogP contribution in [0.1, 0.15) is 28.2 Å². The van der Waals surface area contributed by atoms with Crippen molar-refractivity contribution in [3.63, 3.8) is 0 Å². The number of nitrogens with one attached hydrogen (secondary N) is 1. The summed E-state index contributed by atoms with van der Waals surface area (Å²) in [7, 11) is 3.31. The van der Waals surface area contributed by atoms with E-state index in [9.17, 15) is 14.9 Å². The standard InChI is InChI=1S/C27H26BrN3O5/c1-16-8-10-17(11-9-16)15-36-24-21(28)12-18(13-23(24)35-3)19-14-30(2)27(25(19)31(33)34)20-6-4-5-7-22(20)29-26(27)32/h4-13,19,25H,14-15H2,1-3H3,(H,29,32)/t19-,25+,27-/m0/s1. The van der Waals surface area contributed by atoms with E-state index in [-0.39, 0.29) is 10.8 Å². The second kappa shape index (κ2) is 9.22. The lowest BCUT2D eigenvalue weighted by Gasteiger charge is -2.30. The fourth-order valence-electron chi connectivity index (χ4n) is 5.51. The summed E-state index contributed by atoms with van der Waals surface area (Å²) in [4.78, 5) is 27.4. The number of likely N-dealkylation sites (N-methyl/N-ethyl adjacent to an activating group) is 1. The highest BCUT2D eigenvalue weighted by Crippen LogP contribution is 2.53. The maximum atomic E-state index is 13.3. The molecule has 1 N–H and O–H groups in total.